The lowest BCUT2D eigenvalue weighted by molar-refractivity contribution is 0.0927. The first-order chi connectivity index (χ1) is 10.9. The van der Waals surface area contributed by atoms with Gasteiger partial charge in [-0.05, 0) is 36.4 Å². The van der Waals surface area contributed by atoms with Crippen molar-refractivity contribution in [3.8, 4) is 6.07 Å². The fraction of sp³-hybridized carbons (Fsp3) is 0.200. The van der Waals surface area contributed by atoms with E-state index in [1.165, 1.54) is 24.5 Å². The summed E-state index contributed by atoms with van der Waals surface area (Å²) in [6.45, 7) is 0.184. The van der Waals surface area contributed by atoms with Crippen LogP contribution < -0.4 is 9.62 Å². The number of sulfonamides is 1. The Labute approximate surface area is 134 Å². The molecular formula is C15H15N3O4S. The van der Waals surface area contributed by atoms with Gasteiger partial charge in [0.25, 0.3) is 5.91 Å². The molecule has 7 nitrogen and oxygen atoms in total. The van der Waals surface area contributed by atoms with E-state index >= 15 is 0 Å². The number of hydrogen-bond acceptors (Lipinski definition) is 5. The van der Waals surface area contributed by atoms with Crippen LogP contribution in [0.15, 0.2) is 47.1 Å². The summed E-state index contributed by atoms with van der Waals surface area (Å²) in [6, 6.07) is 11.3. The second-order valence-corrected chi connectivity index (χ2v) is 6.63. The van der Waals surface area contributed by atoms with Gasteiger partial charge < -0.3 is 9.73 Å². The number of rotatable bonds is 6. The van der Waals surface area contributed by atoms with Crippen LogP contribution in [-0.4, -0.2) is 33.7 Å². The standard InChI is InChI=1S/C15H15N3O4S/c1-23(20,21)18(13-6-4-12(11-16)5-7-13)9-8-17-15(19)14-3-2-10-22-14/h2-7,10H,8-9H2,1H3,(H,17,19). The Morgan fingerprint density at radius 1 is 1.30 bits per heavy atom. The van der Waals surface area contributed by atoms with Gasteiger partial charge in [-0.25, -0.2) is 8.42 Å². The van der Waals surface area contributed by atoms with E-state index in [1.54, 1.807) is 18.2 Å². The van der Waals surface area contributed by atoms with E-state index in [-0.39, 0.29) is 18.8 Å². The summed E-state index contributed by atoms with van der Waals surface area (Å²) in [6.07, 6.45) is 2.47. The number of carbonyl (C=O) groups is 1. The summed E-state index contributed by atoms with van der Waals surface area (Å²) in [7, 11) is -3.51. The van der Waals surface area contributed by atoms with Crippen molar-refractivity contribution in [2.45, 2.75) is 0 Å². The number of nitrogens with one attached hydrogen (secondary N) is 1. The van der Waals surface area contributed by atoms with Crippen LogP contribution in [0.1, 0.15) is 16.1 Å². The Balaban J connectivity index is 2.05. The highest BCUT2D eigenvalue weighted by atomic mass is 32.2. The van der Waals surface area contributed by atoms with Crippen molar-refractivity contribution in [2.24, 2.45) is 0 Å². The molecular weight excluding hydrogens is 318 g/mol. The quantitative estimate of drug-likeness (QED) is 0.859. The zero-order valence-corrected chi connectivity index (χ0v) is 13.2. The van der Waals surface area contributed by atoms with Crippen LogP contribution in [0, 0.1) is 11.3 Å². The highest BCUT2D eigenvalue weighted by Gasteiger charge is 2.18. The predicted molar refractivity (Wildman–Crippen MR) is 84.4 cm³/mol. The Morgan fingerprint density at radius 2 is 2.00 bits per heavy atom. The molecule has 0 aliphatic rings. The summed E-state index contributed by atoms with van der Waals surface area (Å²) < 4.78 is 30.0. The van der Waals surface area contributed by atoms with Crippen molar-refractivity contribution in [1.82, 2.24) is 5.32 Å². The van der Waals surface area contributed by atoms with Crippen LogP contribution in [0.25, 0.3) is 0 Å². The molecule has 0 aliphatic carbocycles. The third kappa shape index (κ3) is 4.34. The molecule has 2 aromatic rings. The summed E-state index contributed by atoms with van der Waals surface area (Å²) in [4.78, 5) is 11.7. The minimum atomic E-state index is -3.51. The Morgan fingerprint density at radius 3 is 2.52 bits per heavy atom. The van der Waals surface area contributed by atoms with Gasteiger partial charge in [0.05, 0.1) is 36.4 Å². The van der Waals surface area contributed by atoms with E-state index < -0.39 is 15.9 Å². The molecule has 1 heterocycles. The van der Waals surface area contributed by atoms with E-state index in [2.05, 4.69) is 5.32 Å². The van der Waals surface area contributed by atoms with E-state index in [9.17, 15) is 13.2 Å². The van der Waals surface area contributed by atoms with E-state index in [4.69, 9.17) is 9.68 Å². The molecule has 1 aromatic carbocycles. The van der Waals surface area contributed by atoms with Crippen molar-refractivity contribution in [2.75, 3.05) is 23.7 Å². The first kappa shape index (κ1) is 16.6. The van der Waals surface area contributed by atoms with Crippen LogP contribution in [0.5, 0.6) is 0 Å². The maximum absolute atomic E-state index is 11.9. The molecule has 23 heavy (non-hydrogen) atoms. The third-order valence-electron chi connectivity index (χ3n) is 3.03. The molecule has 0 unspecified atom stereocenters. The molecule has 1 N–H and O–H groups in total. The van der Waals surface area contributed by atoms with Gasteiger partial charge >= 0.3 is 0 Å². The molecule has 0 radical (unpaired) electrons. The Bertz CT molecular complexity index is 805. The number of hydrogen-bond donors (Lipinski definition) is 1. The number of anilines is 1. The van der Waals surface area contributed by atoms with Gasteiger partial charge in [-0.3, -0.25) is 9.10 Å². The van der Waals surface area contributed by atoms with Crippen molar-refractivity contribution in [1.29, 1.82) is 5.26 Å². The number of benzene rings is 1. The van der Waals surface area contributed by atoms with Gasteiger partial charge in [0.1, 0.15) is 0 Å². The molecule has 1 aromatic heterocycles. The molecule has 2 rings (SSSR count). The van der Waals surface area contributed by atoms with Gasteiger partial charge in [0, 0.05) is 6.54 Å². The maximum Gasteiger partial charge on any atom is 0.287 e. The molecule has 0 atom stereocenters. The smallest absolute Gasteiger partial charge is 0.287 e. The van der Waals surface area contributed by atoms with Crippen molar-refractivity contribution in [3.63, 3.8) is 0 Å². The maximum atomic E-state index is 11.9. The van der Waals surface area contributed by atoms with E-state index in [0.717, 1.165) is 10.6 Å². The SMILES string of the molecule is CS(=O)(=O)N(CCNC(=O)c1ccco1)c1ccc(C#N)cc1. The highest BCUT2D eigenvalue weighted by molar-refractivity contribution is 7.92. The third-order valence-corrected chi connectivity index (χ3v) is 4.22. The lowest BCUT2D eigenvalue weighted by Crippen LogP contribution is -2.38. The zero-order valence-electron chi connectivity index (χ0n) is 12.4. The minimum absolute atomic E-state index is 0.0666. The molecule has 0 spiro atoms. The molecule has 0 saturated carbocycles. The Hall–Kier alpha value is -2.79. The molecule has 0 fully saturated rings. The lowest BCUT2D eigenvalue weighted by Gasteiger charge is -2.22. The molecule has 0 saturated heterocycles. The first-order valence-corrected chi connectivity index (χ1v) is 8.56. The van der Waals surface area contributed by atoms with Crippen LogP contribution in [0.2, 0.25) is 0 Å². The van der Waals surface area contributed by atoms with Gasteiger partial charge in [0.2, 0.25) is 10.0 Å². The number of nitriles is 1. The second-order valence-electron chi connectivity index (χ2n) is 4.73. The molecule has 0 aliphatic heterocycles. The summed E-state index contributed by atoms with van der Waals surface area (Å²) in [5, 5.41) is 11.4. The van der Waals surface area contributed by atoms with E-state index in [0.29, 0.717) is 11.3 Å². The van der Waals surface area contributed by atoms with Crippen molar-refractivity contribution in [3.05, 3.63) is 54.0 Å². The van der Waals surface area contributed by atoms with Gasteiger partial charge in [-0.1, -0.05) is 0 Å². The molecule has 120 valence electrons. The molecule has 1 amide bonds. The molecule has 0 bridgehead atoms. The highest BCUT2D eigenvalue weighted by Crippen LogP contribution is 2.17. The molecule has 8 heteroatoms. The van der Waals surface area contributed by atoms with Crippen molar-refractivity contribution >= 4 is 21.6 Å². The summed E-state index contributed by atoms with van der Waals surface area (Å²) >= 11 is 0. The van der Waals surface area contributed by atoms with E-state index in [1.807, 2.05) is 6.07 Å². The van der Waals surface area contributed by atoms with Gasteiger partial charge in [-0.15, -0.1) is 0 Å². The number of carbonyl (C=O) groups excluding carboxylic acids is 1. The average Bonchev–Trinajstić information content (AvgIpc) is 3.05. The van der Waals surface area contributed by atoms with Gasteiger partial charge in [-0.2, -0.15) is 5.26 Å². The average molecular weight is 333 g/mol. The second kappa shape index (κ2) is 6.98. The summed E-state index contributed by atoms with van der Waals surface area (Å²) in [5.74, 6) is -0.252. The van der Waals surface area contributed by atoms with Crippen LogP contribution >= 0.6 is 0 Å². The Kier molecular flexibility index (Phi) is 5.03. The normalized spacial score (nSPS) is 10.8. The first-order valence-electron chi connectivity index (χ1n) is 6.71. The van der Waals surface area contributed by atoms with Crippen LogP contribution in [-0.2, 0) is 10.0 Å². The largest absolute Gasteiger partial charge is 0.459 e. The lowest BCUT2D eigenvalue weighted by atomic mass is 10.2. The minimum Gasteiger partial charge on any atom is -0.459 e. The zero-order chi connectivity index (χ0) is 16.9. The van der Waals surface area contributed by atoms with Crippen LogP contribution in [0.3, 0.4) is 0 Å². The van der Waals surface area contributed by atoms with Crippen LogP contribution in [0.4, 0.5) is 5.69 Å². The number of furan rings is 1. The summed E-state index contributed by atoms with van der Waals surface area (Å²) in [5.41, 5.74) is 0.868. The van der Waals surface area contributed by atoms with Gasteiger partial charge in [0.15, 0.2) is 5.76 Å². The monoisotopic (exact) mass is 333 g/mol. The topological polar surface area (TPSA) is 103 Å². The van der Waals surface area contributed by atoms with Crippen molar-refractivity contribution < 1.29 is 17.6 Å². The fourth-order valence-corrected chi connectivity index (χ4v) is 2.88. The predicted octanol–water partition coefficient (Wildman–Crippen LogP) is 1.35. The number of amides is 1. The number of nitrogens with zero attached hydrogens (tertiary/aromatic N) is 2. The fourth-order valence-electron chi connectivity index (χ4n) is 1.95.